The van der Waals surface area contributed by atoms with E-state index in [1.807, 2.05) is 0 Å². The Balaban J connectivity index is 1.93. The summed E-state index contributed by atoms with van der Waals surface area (Å²) in [5, 5.41) is 0. The highest BCUT2D eigenvalue weighted by Gasteiger charge is 2.21. The molecule has 2 amide bonds. The summed E-state index contributed by atoms with van der Waals surface area (Å²) in [6, 6.07) is 9.26. The van der Waals surface area contributed by atoms with E-state index < -0.39 is 24.4 Å². The van der Waals surface area contributed by atoms with Crippen LogP contribution < -0.4 is 29.8 Å². The normalized spacial score (nSPS) is 9.87. The molecular weight excluding hydrogens is 396 g/mol. The molecule has 0 heterocycles. The summed E-state index contributed by atoms with van der Waals surface area (Å²) in [5.74, 6) is -0.866. The summed E-state index contributed by atoms with van der Waals surface area (Å²) >= 11 is 0. The first-order valence-corrected chi connectivity index (χ1v) is 8.64. The highest BCUT2D eigenvalue weighted by Crippen LogP contribution is 2.29. The average molecular weight is 418 g/mol. The first kappa shape index (κ1) is 22.3. The topological polar surface area (TPSA) is 121 Å². The van der Waals surface area contributed by atoms with Crippen LogP contribution in [-0.2, 0) is 9.53 Å². The predicted molar refractivity (Wildman–Crippen MR) is 105 cm³/mol. The molecule has 10 heteroatoms. The van der Waals surface area contributed by atoms with Crippen LogP contribution in [0.2, 0.25) is 0 Å². The van der Waals surface area contributed by atoms with Crippen LogP contribution in [0.25, 0.3) is 0 Å². The SMILES string of the molecule is COc1ccc(C(=O)NNC(=O)COC(=O)c2c(OC)cccc2OC)cc1OC. The first-order chi connectivity index (χ1) is 14.4. The number of nitrogens with one attached hydrogen (secondary N) is 2. The summed E-state index contributed by atoms with van der Waals surface area (Å²) in [7, 11) is 5.69. The highest BCUT2D eigenvalue weighted by atomic mass is 16.5. The number of benzene rings is 2. The van der Waals surface area contributed by atoms with Crippen LogP contribution in [0.1, 0.15) is 20.7 Å². The van der Waals surface area contributed by atoms with Gasteiger partial charge in [0.15, 0.2) is 18.1 Å². The Morgan fingerprint density at radius 1 is 0.767 bits per heavy atom. The van der Waals surface area contributed by atoms with E-state index in [0.29, 0.717) is 11.5 Å². The van der Waals surface area contributed by atoms with Gasteiger partial charge in [0.2, 0.25) is 0 Å². The van der Waals surface area contributed by atoms with E-state index in [-0.39, 0.29) is 22.6 Å². The molecule has 0 unspecified atom stereocenters. The molecule has 0 aliphatic rings. The van der Waals surface area contributed by atoms with Crippen molar-refractivity contribution in [1.29, 1.82) is 0 Å². The van der Waals surface area contributed by atoms with Crippen molar-refractivity contribution in [3.8, 4) is 23.0 Å². The molecule has 30 heavy (non-hydrogen) atoms. The molecule has 0 atom stereocenters. The molecule has 0 bridgehead atoms. The fourth-order valence-electron chi connectivity index (χ4n) is 2.47. The van der Waals surface area contributed by atoms with Crippen molar-refractivity contribution in [3.63, 3.8) is 0 Å². The van der Waals surface area contributed by atoms with E-state index >= 15 is 0 Å². The molecule has 0 spiro atoms. The van der Waals surface area contributed by atoms with Crippen LogP contribution >= 0.6 is 0 Å². The molecule has 0 fully saturated rings. The van der Waals surface area contributed by atoms with Gasteiger partial charge in [0, 0.05) is 5.56 Å². The van der Waals surface area contributed by atoms with Gasteiger partial charge in [0.25, 0.3) is 11.8 Å². The molecule has 10 nitrogen and oxygen atoms in total. The second kappa shape index (κ2) is 10.6. The minimum atomic E-state index is -0.814. The van der Waals surface area contributed by atoms with Gasteiger partial charge in [0.05, 0.1) is 28.4 Å². The van der Waals surface area contributed by atoms with Gasteiger partial charge in [-0.3, -0.25) is 20.4 Å². The second-order valence-electron chi connectivity index (χ2n) is 5.69. The van der Waals surface area contributed by atoms with Crippen LogP contribution in [0.3, 0.4) is 0 Å². The largest absolute Gasteiger partial charge is 0.496 e. The summed E-state index contributed by atoms with van der Waals surface area (Å²) in [5.41, 5.74) is 4.65. The lowest BCUT2D eigenvalue weighted by Gasteiger charge is -2.13. The van der Waals surface area contributed by atoms with Gasteiger partial charge < -0.3 is 23.7 Å². The molecule has 2 rings (SSSR count). The van der Waals surface area contributed by atoms with Gasteiger partial charge in [-0.05, 0) is 30.3 Å². The van der Waals surface area contributed by atoms with E-state index in [1.165, 1.54) is 40.6 Å². The number of hydrogen-bond donors (Lipinski definition) is 2. The minimum absolute atomic E-state index is 0.0460. The maximum absolute atomic E-state index is 12.3. The Morgan fingerprint density at radius 2 is 1.37 bits per heavy atom. The number of rotatable bonds is 8. The number of methoxy groups -OCH3 is 4. The van der Waals surface area contributed by atoms with E-state index in [9.17, 15) is 14.4 Å². The lowest BCUT2D eigenvalue weighted by atomic mass is 10.2. The Morgan fingerprint density at radius 3 is 1.93 bits per heavy atom. The monoisotopic (exact) mass is 418 g/mol. The Hall–Kier alpha value is -3.95. The van der Waals surface area contributed by atoms with Gasteiger partial charge in [0.1, 0.15) is 17.1 Å². The van der Waals surface area contributed by atoms with Crippen LogP contribution in [0.5, 0.6) is 23.0 Å². The Kier molecular flexibility index (Phi) is 7.86. The summed E-state index contributed by atoms with van der Waals surface area (Å²) in [6.07, 6.45) is 0. The Bertz CT molecular complexity index is 907. The molecule has 0 aliphatic heterocycles. The maximum Gasteiger partial charge on any atom is 0.346 e. The molecule has 0 saturated heterocycles. The van der Waals surface area contributed by atoms with Gasteiger partial charge in [-0.25, -0.2) is 4.79 Å². The average Bonchev–Trinajstić information content (AvgIpc) is 2.79. The molecule has 0 radical (unpaired) electrons. The van der Waals surface area contributed by atoms with Crippen molar-refractivity contribution in [2.75, 3.05) is 35.0 Å². The van der Waals surface area contributed by atoms with Crippen LogP contribution in [0.15, 0.2) is 36.4 Å². The van der Waals surface area contributed by atoms with Crippen molar-refractivity contribution in [2.24, 2.45) is 0 Å². The zero-order chi connectivity index (χ0) is 22.1. The zero-order valence-corrected chi connectivity index (χ0v) is 16.9. The lowest BCUT2D eigenvalue weighted by Crippen LogP contribution is -2.43. The van der Waals surface area contributed by atoms with Crippen LogP contribution in [0, 0.1) is 0 Å². The minimum Gasteiger partial charge on any atom is -0.496 e. The van der Waals surface area contributed by atoms with E-state index in [4.69, 9.17) is 23.7 Å². The first-order valence-electron chi connectivity index (χ1n) is 8.64. The predicted octanol–water partition coefficient (Wildman–Crippen LogP) is 1.34. The Labute approximate surface area is 173 Å². The fraction of sp³-hybridized carbons (Fsp3) is 0.250. The van der Waals surface area contributed by atoms with Crippen molar-refractivity contribution >= 4 is 17.8 Å². The third-order valence-electron chi connectivity index (χ3n) is 3.93. The molecule has 2 aromatic rings. The molecule has 2 aromatic carbocycles. The maximum atomic E-state index is 12.3. The lowest BCUT2D eigenvalue weighted by molar-refractivity contribution is -0.125. The summed E-state index contributed by atoms with van der Waals surface area (Å²) in [4.78, 5) is 36.4. The number of hydrazine groups is 1. The van der Waals surface area contributed by atoms with Gasteiger partial charge in [-0.15, -0.1) is 0 Å². The molecule has 0 aromatic heterocycles. The second-order valence-corrected chi connectivity index (χ2v) is 5.69. The van der Waals surface area contributed by atoms with Gasteiger partial charge >= 0.3 is 5.97 Å². The number of hydrogen-bond acceptors (Lipinski definition) is 8. The molecular formula is C20H22N2O8. The number of carbonyl (C=O) groups excluding carboxylic acids is 3. The van der Waals surface area contributed by atoms with Gasteiger partial charge in [-0.1, -0.05) is 6.07 Å². The number of carbonyl (C=O) groups is 3. The van der Waals surface area contributed by atoms with Crippen molar-refractivity contribution < 1.29 is 38.1 Å². The number of amides is 2. The van der Waals surface area contributed by atoms with Crippen molar-refractivity contribution in [1.82, 2.24) is 10.9 Å². The number of esters is 1. The van der Waals surface area contributed by atoms with E-state index in [2.05, 4.69) is 10.9 Å². The fourth-order valence-corrected chi connectivity index (χ4v) is 2.47. The standard InChI is InChI=1S/C20H22N2O8/c1-26-13-9-8-12(10-16(13)29-4)19(24)22-21-17(23)11-30-20(25)18-14(27-2)6-5-7-15(18)28-3/h5-10H,11H2,1-4H3,(H,21,23)(H,22,24). The molecule has 2 N–H and O–H groups in total. The smallest absolute Gasteiger partial charge is 0.346 e. The van der Waals surface area contributed by atoms with Crippen molar-refractivity contribution in [2.45, 2.75) is 0 Å². The zero-order valence-electron chi connectivity index (χ0n) is 16.9. The third kappa shape index (κ3) is 5.31. The van der Waals surface area contributed by atoms with Crippen molar-refractivity contribution in [3.05, 3.63) is 47.5 Å². The number of ether oxygens (including phenoxy) is 5. The van der Waals surface area contributed by atoms with Crippen LogP contribution in [-0.4, -0.2) is 52.8 Å². The van der Waals surface area contributed by atoms with E-state index in [1.54, 1.807) is 24.3 Å². The molecule has 0 saturated carbocycles. The molecule has 160 valence electrons. The summed E-state index contributed by atoms with van der Waals surface area (Å²) in [6.45, 7) is -0.633. The highest BCUT2D eigenvalue weighted by molar-refractivity contribution is 5.98. The van der Waals surface area contributed by atoms with Gasteiger partial charge in [-0.2, -0.15) is 0 Å². The quantitative estimate of drug-likeness (QED) is 0.487. The van der Waals surface area contributed by atoms with E-state index in [0.717, 1.165) is 0 Å². The third-order valence-corrected chi connectivity index (χ3v) is 3.93. The van der Waals surface area contributed by atoms with Crippen LogP contribution in [0.4, 0.5) is 0 Å². The summed E-state index contributed by atoms with van der Waals surface area (Å²) < 4.78 is 25.5. The molecule has 0 aliphatic carbocycles.